The van der Waals surface area contributed by atoms with Crippen LogP contribution in [0.25, 0.3) is 0 Å². The Hall–Kier alpha value is 0.274. The molecule has 14 heavy (non-hydrogen) atoms. The van der Waals surface area contributed by atoms with Crippen molar-refractivity contribution >= 4 is 18.5 Å². The lowest BCUT2D eigenvalue weighted by Crippen LogP contribution is -2.60. The maximum atomic E-state index is 5.44. The van der Waals surface area contributed by atoms with Gasteiger partial charge in [0.05, 0.1) is 15.3 Å². The number of hydrogen-bond acceptors (Lipinski definition) is 4. The first-order valence-electron chi connectivity index (χ1n) is 5.09. The zero-order chi connectivity index (χ0) is 11.0. The van der Waals surface area contributed by atoms with E-state index in [1.165, 1.54) is 6.04 Å². The molecule has 0 aliphatic heterocycles. The molecule has 4 nitrogen and oxygen atoms in total. The van der Waals surface area contributed by atoms with Crippen molar-refractivity contribution in [2.24, 2.45) is 0 Å². The minimum atomic E-state index is -2.46. The van der Waals surface area contributed by atoms with Crippen molar-refractivity contribution in [1.82, 2.24) is 4.98 Å². The van der Waals surface area contributed by atoms with E-state index < -0.39 is 8.80 Å². The highest BCUT2D eigenvalue weighted by Crippen LogP contribution is 2.14. The third kappa shape index (κ3) is 3.45. The van der Waals surface area contributed by atoms with Gasteiger partial charge in [0.2, 0.25) is 0 Å². The lowest BCUT2D eigenvalue weighted by Gasteiger charge is -2.32. The van der Waals surface area contributed by atoms with E-state index in [0.29, 0.717) is 0 Å². The highest BCUT2D eigenvalue weighted by Gasteiger charge is 2.45. The summed E-state index contributed by atoms with van der Waals surface area (Å²) in [6.45, 7) is 4.32. The van der Waals surface area contributed by atoms with Crippen LogP contribution in [0.4, 0.5) is 0 Å². The molecule has 0 aromatic heterocycles. The summed E-state index contributed by atoms with van der Waals surface area (Å²) >= 11 is 0. The third-order valence-electron chi connectivity index (χ3n) is 2.33. The van der Waals surface area contributed by atoms with E-state index in [1.807, 2.05) is 0 Å². The molecule has 0 heterocycles. The quantitative estimate of drug-likeness (QED) is 0.616. The van der Waals surface area contributed by atoms with E-state index in [-0.39, 0.29) is 15.3 Å². The molecule has 0 saturated heterocycles. The molecular formula is C8H23NO3Si2. The molecule has 0 aromatic carbocycles. The van der Waals surface area contributed by atoms with Crippen molar-refractivity contribution in [3.63, 3.8) is 0 Å². The normalized spacial score (nSPS) is 15.2. The van der Waals surface area contributed by atoms with Crippen molar-refractivity contribution in [2.75, 3.05) is 21.3 Å². The predicted octanol–water partition coefficient (Wildman–Crippen LogP) is 0.294. The fourth-order valence-electron chi connectivity index (χ4n) is 1.51. The van der Waals surface area contributed by atoms with Crippen molar-refractivity contribution in [2.45, 2.75) is 32.0 Å². The summed E-state index contributed by atoms with van der Waals surface area (Å²) in [6, 6.07) is 1.23. The first-order valence-corrected chi connectivity index (χ1v) is 8.60. The molecule has 0 spiro atoms. The van der Waals surface area contributed by atoms with Gasteiger partial charge in [-0.15, -0.1) is 0 Å². The smallest absolute Gasteiger partial charge is 0.376 e. The summed E-state index contributed by atoms with van der Waals surface area (Å²) in [5.74, 6) is 0. The maximum Gasteiger partial charge on any atom is 0.517 e. The first-order chi connectivity index (χ1) is 6.70. The molecule has 0 fully saturated rings. The number of rotatable bonds is 8. The van der Waals surface area contributed by atoms with Gasteiger partial charge in [0, 0.05) is 21.3 Å². The molecule has 0 rings (SSSR count). The van der Waals surface area contributed by atoms with Gasteiger partial charge < -0.3 is 18.3 Å². The molecule has 1 atom stereocenters. The third-order valence-corrected chi connectivity index (χ3v) is 7.19. The SMILES string of the molecule is CC[SiH2]NC(CC)[Si](OC)(OC)OC. The minimum Gasteiger partial charge on any atom is -0.376 e. The van der Waals surface area contributed by atoms with Crippen LogP contribution in [0, 0.1) is 0 Å². The minimum absolute atomic E-state index is 0.200. The number of nitrogens with one attached hydrogen (secondary N) is 1. The van der Waals surface area contributed by atoms with Gasteiger partial charge in [-0.25, -0.2) is 0 Å². The second kappa shape index (κ2) is 7.55. The number of hydrogen-bond donors (Lipinski definition) is 1. The van der Waals surface area contributed by atoms with Crippen LogP contribution in [0.5, 0.6) is 0 Å². The van der Waals surface area contributed by atoms with E-state index in [1.54, 1.807) is 21.3 Å². The van der Waals surface area contributed by atoms with E-state index in [4.69, 9.17) is 13.3 Å². The molecule has 0 saturated carbocycles. The van der Waals surface area contributed by atoms with Crippen LogP contribution >= 0.6 is 0 Å². The first kappa shape index (κ1) is 14.3. The Balaban J connectivity index is 4.40. The second-order valence-electron chi connectivity index (χ2n) is 3.13. The van der Waals surface area contributed by atoms with Gasteiger partial charge in [-0.05, 0) is 6.42 Å². The Morgan fingerprint density at radius 2 is 1.64 bits per heavy atom. The molecule has 86 valence electrons. The monoisotopic (exact) mass is 237 g/mol. The summed E-state index contributed by atoms with van der Waals surface area (Å²) < 4.78 is 16.3. The molecule has 0 bridgehead atoms. The van der Waals surface area contributed by atoms with Gasteiger partial charge in [0.1, 0.15) is 0 Å². The predicted molar refractivity (Wildman–Crippen MR) is 63.0 cm³/mol. The van der Waals surface area contributed by atoms with Crippen LogP contribution in [0.2, 0.25) is 6.04 Å². The van der Waals surface area contributed by atoms with E-state index in [9.17, 15) is 0 Å². The van der Waals surface area contributed by atoms with Crippen LogP contribution < -0.4 is 4.98 Å². The van der Waals surface area contributed by atoms with Gasteiger partial charge in [-0.1, -0.05) is 19.9 Å². The van der Waals surface area contributed by atoms with Gasteiger partial charge in [0.25, 0.3) is 0 Å². The Morgan fingerprint density at radius 3 is 1.93 bits per heavy atom. The van der Waals surface area contributed by atoms with Crippen molar-refractivity contribution in [1.29, 1.82) is 0 Å². The Morgan fingerprint density at radius 1 is 1.14 bits per heavy atom. The molecule has 1 N–H and O–H groups in total. The topological polar surface area (TPSA) is 39.7 Å². The molecule has 0 aromatic rings. The molecule has 1 unspecified atom stereocenters. The van der Waals surface area contributed by atoms with Gasteiger partial charge in [0.15, 0.2) is 0 Å². The summed E-state index contributed by atoms with van der Waals surface area (Å²) in [7, 11) is 2.33. The summed E-state index contributed by atoms with van der Waals surface area (Å²) in [5.41, 5.74) is 0.245. The molecule has 0 aliphatic carbocycles. The van der Waals surface area contributed by atoms with Gasteiger partial charge >= 0.3 is 8.80 Å². The van der Waals surface area contributed by atoms with Gasteiger partial charge in [-0.3, -0.25) is 0 Å². The Labute approximate surface area is 90.6 Å². The Kier molecular flexibility index (Phi) is 7.70. The summed E-state index contributed by atoms with van der Waals surface area (Å²) in [6.07, 6.45) is 0.981. The highest BCUT2D eigenvalue weighted by atomic mass is 28.4. The lowest BCUT2D eigenvalue weighted by atomic mass is 10.5. The molecule has 6 heteroatoms. The van der Waals surface area contributed by atoms with E-state index in [2.05, 4.69) is 18.8 Å². The van der Waals surface area contributed by atoms with Crippen LogP contribution in [0.1, 0.15) is 20.3 Å². The standard InChI is InChI=1S/C8H23NO3Si2/c1-6-8(9-13-7-2)14(10-3,11-4)12-5/h8-9H,6-7,13H2,1-5H3. The fraction of sp³-hybridized carbons (Fsp3) is 1.00. The van der Waals surface area contributed by atoms with Crippen LogP contribution in [0.3, 0.4) is 0 Å². The zero-order valence-electron chi connectivity index (χ0n) is 9.92. The lowest BCUT2D eigenvalue weighted by molar-refractivity contribution is 0.110. The maximum absolute atomic E-state index is 5.44. The van der Waals surface area contributed by atoms with E-state index >= 15 is 0 Å². The molecule has 0 radical (unpaired) electrons. The summed E-state index contributed by atoms with van der Waals surface area (Å²) in [4.78, 5) is 3.54. The Bertz CT molecular complexity index is 136. The molecule has 0 amide bonds. The summed E-state index contributed by atoms with van der Waals surface area (Å²) in [5, 5.41) is 0. The van der Waals surface area contributed by atoms with Crippen LogP contribution in [0.15, 0.2) is 0 Å². The molecule has 0 aliphatic rings. The average Bonchev–Trinajstić information content (AvgIpc) is 2.25. The van der Waals surface area contributed by atoms with Crippen molar-refractivity contribution in [3.05, 3.63) is 0 Å². The van der Waals surface area contributed by atoms with Crippen LogP contribution in [-0.4, -0.2) is 45.5 Å². The van der Waals surface area contributed by atoms with Crippen molar-refractivity contribution in [3.8, 4) is 0 Å². The zero-order valence-corrected chi connectivity index (χ0v) is 12.3. The second-order valence-corrected chi connectivity index (χ2v) is 8.17. The fourth-order valence-corrected chi connectivity index (χ4v) is 5.73. The highest BCUT2D eigenvalue weighted by molar-refractivity contribution is 6.63. The molecular weight excluding hydrogens is 214 g/mol. The largest absolute Gasteiger partial charge is 0.517 e. The van der Waals surface area contributed by atoms with Crippen LogP contribution in [-0.2, 0) is 13.3 Å². The van der Waals surface area contributed by atoms with Crippen molar-refractivity contribution < 1.29 is 13.3 Å². The average molecular weight is 237 g/mol. The van der Waals surface area contributed by atoms with Gasteiger partial charge in [-0.2, -0.15) is 0 Å². The van der Waals surface area contributed by atoms with E-state index in [0.717, 1.165) is 6.42 Å².